The van der Waals surface area contributed by atoms with E-state index in [0.29, 0.717) is 0 Å². The summed E-state index contributed by atoms with van der Waals surface area (Å²) in [5.41, 5.74) is 0. The Labute approximate surface area is 100 Å². The fourth-order valence-corrected chi connectivity index (χ4v) is 5.02. The van der Waals surface area contributed by atoms with Crippen LogP contribution in [0.3, 0.4) is 0 Å². The summed E-state index contributed by atoms with van der Waals surface area (Å²) in [6.45, 7) is 4.80. The van der Waals surface area contributed by atoms with Gasteiger partial charge in [0.1, 0.15) is 0 Å². The Morgan fingerprint density at radius 3 is 1.75 bits per heavy atom. The van der Waals surface area contributed by atoms with Gasteiger partial charge < -0.3 is 18.5 Å². The predicted octanol–water partition coefficient (Wildman–Crippen LogP) is 3.00. The zero-order chi connectivity index (χ0) is 12.8. The van der Waals surface area contributed by atoms with Gasteiger partial charge in [-0.2, -0.15) is 0 Å². The molecular formula is C7H17ClO6P2. The number of hydrogen-bond donors (Lipinski definition) is 1. The van der Waals surface area contributed by atoms with Crippen molar-refractivity contribution in [3.05, 3.63) is 0 Å². The number of hydrogen-bond acceptors (Lipinski definition) is 5. The van der Waals surface area contributed by atoms with E-state index in [4.69, 9.17) is 20.6 Å². The smallest absolute Gasteiger partial charge is 0.323 e. The summed E-state index contributed by atoms with van der Waals surface area (Å²) in [4.78, 5) is 7.73. The second-order valence-corrected chi connectivity index (χ2v) is 8.14. The molecule has 0 aliphatic rings. The van der Waals surface area contributed by atoms with Crippen molar-refractivity contribution in [2.24, 2.45) is 0 Å². The van der Waals surface area contributed by atoms with Crippen LogP contribution in [0.15, 0.2) is 0 Å². The van der Waals surface area contributed by atoms with Crippen LogP contribution in [0.2, 0.25) is 0 Å². The first-order chi connectivity index (χ1) is 7.34. The van der Waals surface area contributed by atoms with Crippen molar-refractivity contribution in [3.63, 3.8) is 0 Å². The highest BCUT2D eigenvalue weighted by molar-refractivity contribution is 7.75. The molecule has 2 unspecified atom stereocenters. The van der Waals surface area contributed by atoms with E-state index in [-0.39, 0.29) is 19.8 Å². The Kier molecular flexibility index (Phi) is 7.38. The first-order valence-corrected chi connectivity index (χ1v) is 8.53. The van der Waals surface area contributed by atoms with Crippen molar-refractivity contribution in [2.45, 2.75) is 25.6 Å². The molecule has 0 aromatic carbocycles. The second kappa shape index (κ2) is 7.12. The van der Waals surface area contributed by atoms with Gasteiger partial charge in [-0.05, 0) is 20.8 Å². The van der Waals surface area contributed by atoms with Crippen LogP contribution in [0.5, 0.6) is 0 Å². The Morgan fingerprint density at radius 1 is 1.06 bits per heavy atom. The Morgan fingerprint density at radius 2 is 1.44 bits per heavy atom. The minimum absolute atomic E-state index is 0.0186. The summed E-state index contributed by atoms with van der Waals surface area (Å²) in [5, 5.41) is 0. The van der Waals surface area contributed by atoms with Crippen LogP contribution in [0.1, 0.15) is 20.8 Å². The third-order valence-corrected chi connectivity index (χ3v) is 7.57. The van der Waals surface area contributed by atoms with E-state index in [1.807, 2.05) is 0 Å². The molecule has 0 bridgehead atoms. The monoisotopic (exact) mass is 294 g/mol. The summed E-state index contributed by atoms with van der Waals surface area (Å²) in [6, 6.07) is 0. The zero-order valence-electron chi connectivity index (χ0n) is 9.46. The molecule has 0 radical (unpaired) electrons. The third kappa shape index (κ3) is 4.46. The first-order valence-electron chi connectivity index (χ1n) is 4.83. The van der Waals surface area contributed by atoms with E-state index >= 15 is 0 Å². The van der Waals surface area contributed by atoms with Crippen LogP contribution < -0.4 is 0 Å². The molecule has 0 spiro atoms. The lowest BCUT2D eigenvalue weighted by Gasteiger charge is -2.24. The minimum Gasteiger partial charge on any atom is -0.323 e. The van der Waals surface area contributed by atoms with Gasteiger partial charge in [-0.25, -0.2) is 0 Å². The van der Waals surface area contributed by atoms with Crippen molar-refractivity contribution in [1.82, 2.24) is 0 Å². The lowest BCUT2D eigenvalue weighted by molar-refractivity contribution is 0.216. The van der Waals surface area contributed by atoms with Crippen LogP contribution in [-0.2, 0) is 22.7 Å². The summed E-state index contributed by atoms with van der Waals surface area (Å²) in [7, 11) is -8.05. The van der Waals surface area contributed by atoms with E-state index in [0.717, 1.165) is 0 Å². The van der Waals surface area contributed by atoms with Crippen molar-refractivity contribution in [3.8, 4) is 0 Å². The largest absolute Gasteiger partial charge is 0.360 e. The summed E-state index contributed by atoms with van der Waals surface area (Å²) >= 11 is 5.66. The fourth-order valence-electron chi connectivity index (χ4n) is 0.945. The van der Waals surface area contributed by atoms with E-state index in [1.165, 1.54) is 6.92 Å². The average Bonchev–Trinajstić information content (AvgIpc) is 2.17. The summed E-state index contributed by atoms with van der Waals surface area (Å²) in [5.74, 6) is 0. The van der Waals surface area contributed by atoms with Gasteiger partial charge in [0.15, 0.2) is 0 Å². The van der Waals surface area contributed by atoms with Gasteiger partial charge in [-0.1, -0.05) is 11.6 Å². The molecule has 2 atom stereocenters. The minimum atomic E-state index is -4.21. The van der Waals surface area contributed by atoms with Crippen molar-refractivity contribution in [1.29, 1.82) is 0 Å². The van der Waals surface area contributed by atoms with Gasteiger partial charge in [-0.15, -0.1) is 0 Å². The van der Waals surface area contributed by atoms with E-state index in [2.05, 4.69) is 4.52 Å². The number of halogens is 1. The lowest BCUT2D eigenvalue weighted by atomic mass is 10.9. The van der Waals surface area contributed by atoms with Crippen LogP contribution in [0, 0.1) is 0 Å². The predicted molar refractivity (Wildman–Crippen MR) is 62.0 cm³/mol. The van der Waals surface area contributed by atoms with Crippen LogP contribution in [-0.4, -0.2) is 29.6 Å². The standard InChI is InChI=1S/C7H17ClO6P2/c1-4-12-15(9,10)7(8)16(11,13-5-2)14-6-3/h7H,4-6H2,1-3H3,(H,9,10). The molecule has 0 aliphatic carbocycles. The molecule has 0 aromatic rings. The molecule has 0 amide bonds. The van der Waals surface area contributed by atoms with Gasteiger partial charge in [0, 0.05) is 0 Å². The van der Waals surface area contributed by atoms with Crippen molar-refractivity contribution >= 4 is 26.8 Å². The molecule has 16 heavy (non-hydrogen) atoms. The maximum atomic E-state index is 12.0. The van der Waals surface area contributed by atoms with Crippen molar-refractivity contribution in [2.75, 3.05) is 19.8 Å². The molecule has 0 saturated carbocycles. The Balaban J connectivity index is 4.93. The lowest BCUT2D eigenvalue weighted by Crippen LogP contribution is -2.10. The Bertz CT molecular complexity index is 287. The topological polar surface area (TPSA) is 82.1 Å². The molecule has 0 rings (SSSR count). The molecule has 9 heteroatoms. The third-order valence-electron chi connectivity index (χ3n) is 1.46. The normalized spacial score (nSPS) is 18.1. The molecule has 98 valence electrons. The highest BCUT2D eigenvalue weighted by Crippen LogP contribution is 2.69. The number of rotatable bonds is 8. The van der Waals surface area contributed by atoms with Gasteiger partial charge >= 0.3 is 15.2 Å². The van der Waals surface area contributed by atoms with Gasteiger partial charge in [-0.3, -0.25) is 9.13 Å². The number of alkyl halides is 1. The maximum absolute atomic E-state index is 12.0. The van der Waals surface area contributed by atoms with E-state index in [9.17, 15) is 14.0 Å². The molecule has 0 aliphatic heterocycles. The molecule has 0 fully saturated rings. The molecule has 6 nitrogen and oxygen atoms in total. The fraction of sp³-hybridized carbons (Fsp3) is 1.00. The summed E-state index contributed by atoms with van der Waals surface area (Å²) in [6.07, 6.45) is 0. The van der Waals surface area contributed by atoms with Crippen LogP contribution >= 0.6 is 26.8 Å². The van der Waals surface area contributed by atoms with E-state index < -0.39 is 20.1 Å². The van der Waals surface area contributed by atoms with Gasteiger partial charge in [0.25, 0.3) is 0 Å². The van der Waals surface area contributed by atoms with E-state index in [1.54, 1.807) is 13.8 Å². The SMILES string of the molecule is CCOP(=O)(O)C(Cl)P(=O)(OCC)OCC. The quantitative estimate of drug-likeness (QED) is 0.547. The Hall–Kier alpha value is 0.590. The molecule has 1 N–H and O–H groups in total. The molecular weight excluding hydrogens is 277 g/mol. The highest BCUT2D eigenvalue weighted by atomic mass is 35.5. The molecule has 0 heterocycles. The van der Waals surface area contributed by atoms with Gasteiger partial charge in [0.2, 0.25) is 4.86 Å². The van der Waals surface area contributed by atoms with Crippen LogP contribution in [0.25, 0.3) is 0 Å². The average molecular weight is 295 g/mol. The zero-order valence-corrected chi connectivity index (χ0v) is 12.0. The highest BCUT2D eigenvalue weighted by Gasteiger charge is 2.47. The summed E-state index contributed by atoms with van der Waals surface area (Å²) < 4.78 is 37.9. The van der Waals surface area contributed by atoms with Gasteiger partial charge in [0.05, 0.1) is 19.8 Å². The first kappa shape index (κ1) is 16.6. The second-order valence-electron chi connectivity index (χ2n) is 2.67. The molecule has 0 aromatic heterocycles. The van der Waals surface area contributed by atoms with Crippen molar-refractivity contribution < 1.29 is 27.6 Å². The van der Waals surface area contributed by atoms with Crippen LogP contribution in [0.4, 0.5) is 0 Å². The maximum Gasteiger partial charge on any atom is 0.360 e. The molecule has 0 saturated heterocycles.